The van der Waals surface area contributed by atoms with E-state index in [0.717, 1.165) is 0 Å². The number of hydrogen-bond acceptors (Lipinski definition) is 4. The largest absolute Gasteiger partial charge is 0.497 e. The number of rotatable bonds is 7. The van der Waals surface area contributed by atoms with Crippen LogP contribution in [0.4, 0.5) is 0 Å². The van der Waals surface area contributed by atoms with E-state index in [-0.39, 0.29) is 12.0 Å². The van der Waals surface area contributed by atoms with Crippen LogP contribution in [0, 0.1) is 0 Å². The lowest BCUT2D eigenvalue weighted by Gasteiger charge is -2.30. The van der Waals surface area contributed by atoms with Crippen molar-refractivity contribution in [2.24, 2.45) is 0 Å². The normalized spacial score (nSPS) is 12.8. The van der Waals surface area contributed by atoms with Crippen LogP contribution in [0.1, 0.15) is 29.3 Å². The van der Waals surface area contributed by atoms with Gasteiger partial charge in [-0.25, -0.2) is 4.79 Å². The second-order valence-corrected chi connectivity index (χ2v) is 5.49. The van der Waals surface area contributed by atoms with E-state index in [1.807, 2.05) is 0 Å². The maximum absolute atomic E-state index is 12.7. The second kappa shape index (κ2) is 7.70. The first kappa shape index (κ1) is 18.3. The molecule has 0 bridgehead atoms. The summed E-state index contributed by atoms with van der Waals surface area (Å²) >= 11 is 0. The maximum atomic E-state index is 12.7. The highest BCUT2D eigenvalue weighted by atomic mass is 16.5. The molecule has 1 unspecified atom stereocenters. The van der Waals surface area contributed by atoms with E-state index >= 15 is 0 Å². The minimum absolute atomic E-state index is 0.194. The van der Waals surface area contributed by atoms with E-state index in [2.05, 4.69) is 5.32 Å². The van der Waals surface area contributed by atoms with Crippen molar-refractivity contribution in [1.29, 1.82) is 0 Å². The van der Waals surface area contributed by atoms with Gasteiger partial charge in [0.05, 0.1) is 14.2 Å². The Kier molecular flexibility index (Phi) is 5.64. The predicted octanol–water partition coefficient (Wildman–Crippen LogP) is 2.82. The van der Waals surface area contributed by atoms with Gasteiger partial charge in [-0.1, -0.05) is 37.3 Å². The summed E-state index contributed by atoms with van der Waals surface area (Å²) in [5.41, 5.74) is -0.756. The lowest BCUT2D eigenvalue weighted by atomic mass is 9.87. The van der Waals surface area contributed by atoms with Crippen molar-refractivity contribution in [3.63, 3.8) is 0 Å². The van der Waals surface area contributed by atoms with E-state index in [9.17, 15) is 14.7 Å². The van der Waals surface area contributed by atoms with Crippen LogP contribution in [0.15, 0.2) is 48.5 Å². The highest BCUT2D eigenvalue weighted by Gasteiger charge is 2.40. The fourth-order valence-corrected chi connectivity index (χ4v) is 2.62. The monoisotopic (exact) mass is 343 g/mol. The van der Waals surface area contributed by atoms with Gasteiger partial charge in [0, 0.05) is 11.6 Å². The van der Waals surface area contributed by atoms with Gasteiger partial charge in [-0.3, -0.25) is 4.79 Å². The number of methoxy groups -OCH3 is 2. The average Bonchev–Trinajstić information content (AvgIpc) is 2.65. The molecule has 2 N–H and O–H groups in total. The van der Waals surface area contributed by atoms with E-state index in [4.69, 9.17) is 9.47 Å². The van der Waals surface area contributed by atoms with Gasteiger partial charge >= 0.3 is 5.97 Å². The van der Waals surface area contributed by atoms with Crippen molar-refractivity contribution >= 4 is 11.9 Å². The molecule has 0 saturated heterocycles. The van der Waals surface area contributed by atoms with Crippen molar-refractivity contribution < 1.29 is 24.2 Å². The molecule has 0 aromatic heterocycles. The molecule has 0 aliphatic rings. The van der Waals surface area contributed by atoms with Crippen LogP contribution in [0.3, 0.4) is 0 Å². The predicted molar refractivity (Wildman–Crippen MR) is 93.1 cm³/mol. The molecule has 2 aromatic carbocycles. The Morgan fingerprint density at radius 1 is 1.04 bits per heavy atom. The summed E-state index contributed by atoms with van der Waals surface area (Å²) in [7, 11) is 2.96. The molecule has 0 heterocycles. The molecule has 132 valence electrons. The number of carbonyl (C=O) groups excluding carboxylic acids is 1. The van der Waals surface area contributed by atoms with E-state index in [1.54, 1.807) is 43.3 Å². The van der Waals surface area contributed by atoms with Gasteiger partial charge in [0.25, 0.3) is 5.91 Å². The van der Waals surface area contributed by atoms with Crippen LogP contribution in [-0.4, -0.2) is 31.2 Å². The molecule has 2 aromatic rings. The van der Waals surface area contributed by atoms with Crippen molar-refractivity contribution in [2.45, 2.75) is 18.9 Å². The average molecular weight is 343 g/mol. The zero-order valence-corrected chi connectivity index (χ0v) is 14.4. The first-order valence-electron chi connectivity index (χ1n) is 7.81. The van der Waals surface area contributed by atoms with Gasteiger partial charge in [0.1, 0.15) is 11.5 Å². The molecule has 1 atom stereocenters. The molecule has 2 rings (SSSR count). The summed E-state index contributed by atoms with van der Waals surface area (Å²) in [6.45, 7) is 1.72. The number of carbonyl (C=O) groups is 2. The summed E-state index contributed by atoms with van der Waals surface area (Å²) in [5.74, 6) is -0.752. The van der Waals surface area contributed by atoms with Crippen LogP contribution >= 0.6 is 0 Å². The van der Waals surface area contributed by atoms with Crippen LogP contribution in [0.25, 0.3) is 0 Å². The number of nitrogens with one attached hydrogen (secondary N) is 1. The number of aliphatic carboxylic acids is 1. The van der Waals surface area contributed by atoms with Crippen molar-refractivity contribution in [3.05, 3.63) is 59.7 Å². The summed E-state index contributed by atoms with van der Waals surface area (Å²) in [5, 5.41) is 12.5. The molecule has 6 nitrogen and oxygen atoms in total. The van der Waals surface area contributed by atoms with E-state index in [1.165, 1.54) is 26.4 Å². The fraction of sp³-hybridized carbons (Fsp3) is 0.263. The Hall–Kier alpha value is -3.02. The van der Waals surface area contributed by atoms with Crippen molar-refractivity contribution in [2.75, 3.05) is 14.2 Å². The minimum Gasteiger partial charge on any atom is -0.497 e. The molecule has 1 amide bonds. The lowest BCUT2D eigenvalue weighted by Crippen LogP contribution is -2.51. The van der Waals surface area contributed by atoms with E-state index < -0.39 is 17.4 Å². The number of amides is 1. The minimum atomic E-state index is -1.52. The Morgan fingerprint density at radius 2 is 1.60 bits per heavy atom. The molecule has 6 heteroatoms. The molecule has 25 heavy (non-hydrogen) atoms. The van der Waals surface area contributed by atoms with Gasteiger partial charge < -0.3 is 19.9 Å². The fourth-order valence-electron chi connectivity index (χ4n) is 2.62. The summed E-state index contributed by atoms with van der Waals surface area (Å²) in [6.07, 6.45) is 0.194. The number of benzene rings is 2. The van der Waals surface area contributed by atoms with E-state index in [0.29, 0.717) is 17.1 Å². The summed E-state index contributed by atoms with van der Waals surface area (Å²) < 4.78 is 10.3. The highest BCUT2D eigenvalue weighted by molar-refractivity contribution is 5.98. The zero-order valence-electron chi connectivity index (χ0n) is 14.4. The Bertz CT molecular complexity index is 737. The number of ether oxygens (including phenoxy) is 2. The lowest BCUT2D eigenvalue weighted by molar-refractivity contribution is -0.145. The van der Waals surface area contributed by atoms with Gasteiger partial charge in [0.15, 0.2) is 5.54 Å². The zero-order chi connectivity index (χ0) is 18.4. The Balaban J connectivity index is 2.43. The first-order chi connectivity index (χ1) is 12.0. The Morgan fingerprint density at radius 3 is 2.04 bits per heavy atom. The molecule has 0 aliphatic heterocycles. The number of carboxylic acids is 1. The molecular formula is C19H21NO5. The molecule has 0 spiro atoms. The highest BCUT2D eigenvalue weighted by Crippen LogP contribution is 2.28. The van der Waals surface area contributed by atoms with Crippen LogP contribution in [0.2, 0.25) is 0 Å². The summed E-state index contributed by atoms with van der Waals surface area (Å²) in [6, 6.07) is 13.3. The third kappa shape index (κ3) is 3.74. The third-order valence-corrected chi connectivity index (χ3v) is 4.10. The SMILES string of the molecule is CCC(NC(=O)c1cc(OC)cc(OC)c1)(C(=O)O)c1ccccc1. The molecule has 0 aliphatic carbocycles. The van der Waals surface area contributed by atoms with Crippen molar-refractivity contribution in [1.82, 2.24) is 5.32 Å². The number of carboxylic acid groups (broad SMARTS) is 1. The molecule has 0 radical (unpaired) electrons. The van der Waals surface area contributed by atoms with Crippen molar-refractivity contribution in [3.8, 4) is 11.5 Å². The van der Waals surface area contributed by atoms with Gasteiger partial charge in [0.2, 0.25) is 0 Å². The van der Waals surface area contributed by atoms with Crippen LogP contribution in [0.5, 0.6) is 11.5 Å². The van der Waals surface area contributed by atoms with Gasteiger partial charge in [-0.15, -0.1) is 0 Å². The van der Waals surface area contributed by atoms with Crippen LogP contribution < -0.4 is 14.8 Å². The Labute approximate surface area is 146 Å². The topological polar surface area (TPSA) is 84.9 Å². The van der Waals surface area contributed by atoms with Crippen LogP contribution in [-0.2, 0) is 10.3 Å². The maximum Gasteiger partial charge on any atom is 0.334 e. The van der Waals surface area contributed by atoms with Gasteiger partial charge in [-0.05, 0) is 24.1 Å². The second-order valence-electron chi connectivity index (χ2n) is 5.49. The third-order valence-electron chi connectivity index (χ3n) is 4.10. The standard InChI is InChI=1S/C19H21NO5/c1-4-19(18(22)23,14-8-6-5-7-9-14)20-17(21)13-10-15(24-2)12-16(11-13)25-3/h5-12H,4H2,1-3H3,(H,20,21)(H,22,23). The molecule has 0 saturated carbocycles. The smallest absolute Gasteiger partial charge is 0.334 e. The van der Waals surface area contributed by atoms with Gasteiger partial charge in [-0.2, -0.15) is 0 Å². The quantitative estimate of drug-likeness (QED) is 0.807. The number of hydrogen-bond donors (Lipinski definition) is 2. The molecule has 0 fully saturated rings. The first-order valence-corrected chi connectivity index (χ1v) is 7.81. The molecular weight excluding hydrogens is 322 g/mol. The summed E-state index contributed by atoms with van der Waals surface area (Å²) in [4.78, 5) is 24.7.